The Labute approximate surface area is 325 Å². The number of unbranched alkanes of at least 4 members (excludes halogenated alkanes) is 1. The summed E-state index contributed by atoms with van der Waals surface area (Å²) in [5.74, 6) is -10.2. The number of hydrogen-bond acceptors (Lipinski definition) is 10. The van der Waals surface area contributed by atoms with E-state index in [9.17, 15) is 58.7 Å². The average Bonchev–Trinajstić information content (AvgIpc) is 3.96. The van der Waals surface area contributed by atoms with E-state index in [2.05, 4.69) is 16.0 Å². The Morgan fingerprint density at radius 1 is 0.741 bits per heavy atom. The van der Waals surface area contributed by atoms with E-state index in [1.807, 2.05) is 37.3 Å². The highest BCUT2D eigenvalue weighted by atomic mass is 19.4. The number of esters is 2. The molecule has 3 rings (SSSR count). The van der Waals surface area contributed by atoms with Crippen LogP contribution in [0.25, 0.3) is 0 Å². The number of aliphatic carboxylic acids is 3. The minimum Gasteiger partial charge on any atom is -0.475 e. The maximum Gasteiger partial charge on any atom is 0.490 e. The molecule has 0 aromatic heterocycles. The van der Waals surface area contributed by atoms with E-state index in [0.29, 0.717) is 57.5 Å². The van der Waals surface area contributed by atoms with Crippen molar-refractivity contribution >= 4 is 41.7 Å². The monoisotopic (exact) mass is 856 g/mol. The molecule has 15 nitrogen and oxygen atoms in total. The summed E-state index contributed by atoms with van der Waals surface area (Å²) in [6.45, 7) is 3.40. The Hall–Kier alpha value is -5.00. The fraction of sp³-hybridized carbons (Fsp3) is 0.618. The van der Waals surface area contributed by atoms with Gasteiger partial charge in [0.25, 0.3) is 0 Å². The second-order valence-corrected chi connectivity index (χ2v) is 12.8. The fourth-order valence-corrected chi connectivity index (χ4v) is 4.56. The molecule has 0 spiro atoms. The number of rotatable bonds is 14. The van der Waals surface area contributed by atoms with Gasteiger partial charge in [-0.1, -0.05) is 62.9 Å². The lowest BCUT2D eigenvalue weighted by atomic mass is 9.98. The van der Waals surface area contributed by atoms with Crippen LogP contribution in [0.3, 0.4) is 0 Å². The molecule has 2 fully saturated rings. The molecule has 1 aliphatic heterocycles. The van der Waals surface area contributed by atoms with Gasteiger partial charge in [0.05, 0.1) is 12.0 Å². The number of alkyl halides is 9. The number of ether oxygens (including phenoxy) is 1. The van der Waals surface area contributed by atoms with Gasteiger partial charge in [0.2, 0.25) is 11.8 Å². The largest absolute Gasteiger partial charge is 0.490 e. The Morgan fingerprint density at radius 2 is 1.19 bits per heavy atom. The number of carboxylic acids is 3. The maximum atomic E-state index is 13.3. The Bertz CT molecular complexity index is 1430. The number of amides is 2. The number of benzene rings is 1. The van der Waals surface area contributed by atoms with Crippen molar-refractivity contribution in [2.24, 2.45) is 17.6 Å². The number of piperidine rings is 1. The first-order valence-corrected chi connectivity index (χ1v) is 17.5. The van der Waals surface area contributed by atoms with E-state index in [1.165, 1.54) is 0 Å². The van der Waals surface area contributed by atoms with E-state index >= 15 is 0 Å². The van der Waals surface area contributed by atoms with Crippen LogP contribution in [0.15, 0.2) is 30.3 Å². The van der Waals surface area contributed by atoms with Crippen molar-refractivity contribution in [1.82, 2.24) is 16.0 Å². The molecule has 1 saturated heterocycles. The highest BCUT2D eigenvalue weighted by Crippen LogP contribution is 2.34. The number of hydrogen-bond donors (Lipinski definition) is 7. The molecule has 24 heteroatoms. The molecule has 0 radical (unpaired) electrons. The lowest BCUT2D eigenvalue weighted by Gasteiger charge is -2.25. The van der Waals surface area contributed by atoms with Crippen LogP contribution in [0, 0.1) is 11.8 Å². The molecule has 1 saturated carbocycles. The summed E-state index contributed by atoms with van der Waals surface area (Å²) >= 11 is 0. The van der Waals surface area contributed by atoms with Crippen molar-refractivity contribution in [1.29, 1.82) is 0 Å². The SMILES string of the molecule is CCCCC(NC(=O)[C@@H](CCC1CC1)NC(=O)[C@H](N)Cc1ccccc1)C(=O)OC(=O)C1CCNCC1.O=C(O)C(F)(F)F.O=C(O)C(F)(F)F.O=C(O)C(F)(F)F. The molecule has 58 heavy (non-hydrogen) atoms. The van der Waals surface area contributed by atoms with Crippen LogP contribution >= 0.6 is 0 Å². The van der Waals surface area contributed by atoms with Crippen molar-refractivity contribution in [2.45, 2.75) is 108 Å². The molecule has 1 unspecified atom stereocenters. The van der Waals surface area contributed by atoms with Crippen LogP contribution in [0.4, 0.5) is 39.5 Å². The van der Waals surface area contributed by atoms with E-state index in [0.717, 1.165) is 31.2 Å². The van der Waals surface area contributed by atoms with Crippen LogP contribution in [0.1, 0.15) is 70.3 Å². The molecule has 1 aromatic rings. The molecular weight excluding hydrogens is 811 g/mol. The average molecular weight is 857 g/mol. The normalized spacial score (nSPS) is 15.8. The molecular formula is C34H45F9N4O11. The van der Waals surface area contributed by atoms with E-state index in [-0.39, 0.29) is 5.92 Å². The minimum atomic E-state index is -5.08. The topological polar surface area (TPSA) is 252 Å². The van der Waals surface area contributed by atoms with Gasteiger partial charge in [-0.2, -0.15) is 39.5 Å². The highest BCUT2D eigenvalue weighted by molar-refractivity contribution is 5.94. The van der Waals surface area contributed by atoms with Crippen LogP contribution < -0.4 is 21.7 Å². The van der Waals surface area contributed by atoms with Crippen molar-refractivity contribution in [3.63, 3.8) is 0 Å². The van der Waals surface area contributed by atoms with Crippen molar-refractivity contribution in [3.05, 3.63) is 35.9 Å². The predicted molar refractivity (Wildman–Crippen MR) is 181 cm³/mol. The first kappa shape index (κ1) is 53.0. The van der Waals surface area contributed by atoms with Gasteiger partial charge in [0.15, 0.2) is 0 Å². The summed E-state index contributed by atoms with van der Waals surface area (Å²) in [6, 6.07) is 6.91. The molecule has 8 N–H and O–H groups in total. The molecule has 1 aliphatic carbocycles. The second kappa shape index (κ2) is 25.4. The third kappa shape index (κ3) is 23.9. The van der Waals surface area contributed by atoms with Gasteiger partial charge >= 0.3 is 48.4 Å². The number of carboxylic acid groups (broad SMARTS) is 3. The van der Waals surface area contributed by atoms with Crippen LogP contribution in [0.2, 0.25) is 0 Å². The molecule has 1 aromatic carbocycles. The van der Waals surface area contributed by atoms with E-state index in [1.54, 1.807) is 0 Å². The maximum absolute atomic E-state index is 13.3. The zero-order valence-corrected chi connectivity index (χ0v) is 30.8. The zero-order valence-electron chi connectivity index (χ0n) is 30.8. The van der Waals surface area contributed by atoms with Gasteiger partial charge in [0.1, 0.15) is 12.1 Å². The summed E-state index contributed by atoms with van der Waals surface area (Å²) in [6.07, 6.45) is -8.27. The molecule has 1 heterocycles. The fourth-order valence-electron chi connectivity index (χ4n) is 4.56. The van der Waals surface area contributed by atoms with Crippen LogP contribution in [-0.4, -0.2) is 107 Å². The standard InChI is InChI=1S/C28H42N4O5.3C2HF3O2/c1-2-3-9-24(28(36)37-27(35)21-14-16-30-17-15-21)32-26(34)23(13-12-19-10-11-19)31-25(33)22(29)18-20-7-5-4-6-8-20;3*3-2(4,5)1(6)7/h4-8,19,21-24,30H,2-3,9-18,29H2,1H3,(H,31,33)(H,32,34);3*(H,6,7)/t22-,23-,24?;;;/m1.../s1. The molecule has 2 amide bonds. The van der Waals surface area contributed by atoms with Gasteiger partial charge in [-0.15, -0.1) is 0 Å². The number of nitrogens with two attached hydrogens (primary N) is 1. The van der Waals surface area contributed by atoms with Gasteiger partial charge < -0.3 is 41.7 Å². The Morgan fingerprint density at radius 3 is 1.60 bits per heavy atom. The summed E-state index contributed by atoms with van der Waals surface area (Å²) in [4.78, 5) is 78.3. The summed E-state index contributed by atoms with van der Waals surface area (Å²) in [5, 5.41) is 30.1. The third-order valence-corrected chi connectivity index (χ3v) is 7.88. The van der Waals surface area contributed by atoms with Gasteiger partial charge in [0, 0.05) is 0 Å². The zero-order chi connectivity index (χ0) is 44.9. The lowest BCUT2D eigenvalue weighted by Crippen LogP contribution is -2.55. The smallest absolute Gasteiger partial charge is 0.475 e. The Kier molecular flexibility index (Phi) is 23.2. The van der Waals surface area contributed by atoms with Gasteiger partial charge in [-0.05, 0) is 63.1 Å². The minimum absolute atomic E-state index is 0.315. The van der Waals surface area contributed by atoms with Crippen LogP contribution in [-0.2, 0) is 44.7 Å². The predicted octanol–water partition coefficient (Wildman–Crippen LogP) is 3.88. The highest BCUT2D eigenvalue weighted by Gasteiger charge is 2.39. The molecule has 2 aliphatic rings. The van der Waals surface area contributed by atoms with E-state index in [4.69, 9.17) is 40.2 Å². The first-order valence-electron chi connectivity index (χ1n) is 17.5. The molecule has 0 bridgehead atoms. The number of carbonyl (C=O) groups excluding carboxylic acids is 4. The summed E-state index contributed by atoms with van der Waals surface area (Å²) in [5.41, 5.74) is 7.08. The van der Waals surface area contributed by atoms with Gasteiger partial charge in [-0.3, -0.25) is 14.4 Å². The quantitative estimate of drug-likeness (QED) is 0.0799. The number of halogens is 9. The van der Waals surface area contributed by atoms with Crippen molar-refractivity contribution in [2.75, 3.05) is 13.1 Å². The lowest BCUT2D eigenvalue weighted by molar-refractivity contribution is -0.193. The molecule has 3 atom stereocenters. The van der Waals surface area contributed by atoms with Crippen molar-refractivity contribution < 1.29 is 93.1 Å². The number of carbonyl (C=O) groups is 7. The number of nitrogens with one attached hydrogen (secondary N) is 3. The summed E-state index contributed by atoms with van der Waals surface area (Å²) in [7, 11) is 0. The summed E-state index contributed by atoms with van der Waals surface area (Å²) < 4.78 is 100. The second-order valence-electron chi connectivity index (χ2n) is 12.8. The van der Waals surface area contributed by atoms with E-state index < -0.39 is 78.3 Å². The molecule has 330 valence electrons. The van der Waals surface area contributed by atoms with Gasteiger partial charge in [-0.25, -0.2) is 19.2 Å². The third-order valence-electron chi connectivity index (χ3n) is 7.88. The van der Waals surface area contributed by atoms with Crippen molar-refractivity contribution in [3.8, 4) is 0 Å². The first-order chi connectivity index (χ1) is 26.7. The Balaban J connectivity index is 0.00000126. The van der Waals surface area contributed by atoms with Crippen LogP contribution in [0.5, 0.6) is 0 Å².